The van der Waals surface area contributed by atoms with Gasteiger partial charge >= 0.3 is 11.9 Å². The molecule has 1 saturated heterocycles. The number of allylic oxidation sites excluding steroid dienone is 1. The molecule has 7 nitrogen and oxygen atoms in total. The Morgan fingerprint density at radius 2 is 1.95 bits per heavy atom. The van der Waals surface area contributed by atoms with Gasteiger partial charge in [0.1, 0.15) is 0 Å². The van der Waals surface area contributed by atoms with Crippen molar-refractivity contribution in [3.63, 3.8) is 0 Å². The molecule has 2 rings (SSSR count). The van der Waals surface area contributed by atoms with Crippen molar-refractivity contribution in [3.05, 3.63) is 47.7 Å². The largest absolute Gasteiger partial charge is 0.419 e. The van der Waals surface area contributed by atoms with Gasteiger partial charge in [-0.25, -0.2) is 0 Å². The van der Waals surface area contributed by atoms with E-state index in [1.165, 1.54) is 0 Å². The molecule has 0 atom stereocenters. The Morgan fingerprint density at radius 3 is 2.47 bits per heavy atom. The van der Waals surface area contributed by atoms with Gasteiger partial charge in [-0.15, -0.1) is 0 Å². The molecule has 4 N–H and O–H groups in total. The Bertz CT molecular complexity index is 607. The van der Waals surface area contributed by atoms with Crippen LogP contribution in [0, 0.1) is 10.8 Å². The van der Waals surface area contributed by atoms with Gasteiger partial charge < -0.3 is 10.5 Å². The van der Waals surface area contributed by atoms with Gasteiger partial charge in [-0.2, -0.15) is 4.90 Å². The zero-order chi connectivity index (χ0) is 14.0. The first-order valence-corrected chi connectivity index (χ1v) is 5.26. The van der Waals surface area contributed by atoms with Crippen LogP contribution in [0.5, 0.6) is 0 Å². The average Bonchev–Trinajstić information content (AvgIpc) is 2.65. The molecular weight excluding hydrogens is 248 g/mol. The van der Waals surface area contributed by atoms with E-state index >= 15 is 0 Å². The lowest BCUT2D eigenvalue weighted by Gasteiger charge is -2.07. The van der Waals surface area contributed by atoms with E-state index in [1.54, 1.807) is 30.3 Å². The van der Waals surface area contributed by atoms with E-state index in [9.17, 15) is 9.59 Å². The van der Waals surface area contributed by atoms with Crippen molar-refractivity contribution in [2.45, 2.75) is 0 Å². The predicted molar refractivity (Wildman–Crippen MR) is 66.4 cm³/mol. The highest BCUT2D eigenvalue weighted by Crippen LogP contribution is 2.16. The second-order valence-electron chi connectivity index (χ2n) is 3.67. The lowest BCUT2D eigenvalue weighted by Crippen LogP contribution is -2.40. The van der Waals surface area contributed by atoms with Crippen molar-refractivity contribution in [1.82, 2.24) is 4.90 Å². The van der Waals surface area contributed by atoms with Gasteiger partial charge in [0, 0.05) is 11.6 Å². The van der Waals surface area contributed by atoms with Gasteiger partial charge in [-0.3, -0.25) is 20.4 Å². The Morgan fingerprint density at radius 1 is 1.32 bits per heavy atom. The predicted octanol–water partition coefficient (Wildman–Crippen LogP) is 0.440. The molecule has 0 aromatic heterocycles. The number of ketones is 1. The molecule has 1 heterocycles. The summed E-state index contributed by atoms with van der Waals surface area (Å²) in [6.07, 6.45) is 0.981. The van der Waals surface area contributed by atoms with E-state index in [4.69, 9.17) is 21.3 Å². The zero-order valence-corrected chi connectivity index (χ0v) is 9.71. The van der Waals surface area contributed by atoms with Crippen LogP contribution >= 0.6 is 0 Å². The molecule has 1 aromatic rings. The van der Waals surface area contributed by atoms with Crippen LogP contribution in [0.1, 0.15) is 10.4 Å². The monoisotopic (exact) mass is 258 g/mol. The minimum atomic E-state index is -0.804. The molecule has 0 spiro atoms. The third-order valence-electron chi connectivity index (χ3n) is 2.38. The Kier molecular flexibility index (Phi) is 3.11. The van der Waals surface area contributed by atoms with Crippen LogP contribution < -0.4 is 5.73 Å². The summed E-state index contributed by atoms with van der Waals surface area (Å²) in [7, 11) is 0. The summed E-state index contributed by atoms with van der Waals surface area (Å²) < 4.78 is 4.82. The topological polar surface area (TPSA) is 120 Å². The molecule has 0 aliphatic carbocycles. The fraction of sp³-hybridized carbons (Fsp3) is 0. The number of carbonyl (C=O) groups is 2. The van der Waals surface area contributed by atoms with Crippen LogP contribution in [0.25, 0.3) is 0 Å². The van der Waals surface area contributed by atoms with Gasteiger partial charge in [0.2, 0.25) is 11.7 Å². The average molecular weight is 258 g/mol. The van der Waals surface area contributed by atoms with Crippen LogP contribution in [0.2, 0.25) is 0 Å². The number of hydrogen-bond acceptors (Lipinski definition) is 5. The Hall–Kier alpha value is -2.96. The van der Waals surface area contributed by atoms with Crippen LogP contribution in [0.15, 0.2) is 42.2 Å². The lowest BCUT2D eigenvalue weighted by molar-refractivity contribution is -0.120. The smallest absolute Gasteiger partial charge is 0.304 e. The van der Waals surface area contributed by atoms with Crippen molar-refractivity contribution in [2.24, 2.45) is 5.73 Å². The SMILES string of the molecule is N=C(N)N1C(=N)O/C(=C\C(=O)c2ccccc2)C1=O. The molecule has 1 aliphatic rings. The summed E-state index contributed by atoms with van der Waals surface area (Å²) in [5.74, 6) is -2.19. The minimum Gasteiger partial charge on any atom is -0.419 e. The molecule has 19 heavy (non-hydrogen) atoms. The molecule has 0 unspecified atom stereocenters. The second kappa shape index (κ2) is 4.73. The number of benzene rings is 1. The van der Waals surface area contributed by atoms with Gasteiger partial charge in [-0.05, 0) is 0 Å². The van der Waals surface area contributed by atoms with E-state index < -0.39 is 23.7 Å². The normalized spacial score (nSPS) is 16.6. The highest BCUT2D eigenvalue weighted by atomic mass is 16.5. The van der Waals surface area contributed by atoms with Gasteiger partial charge in [0.15, 0.2) is 5.78 Å². The number of ether oxygens (including phenoxy) is 1. The number of nitrogens with two attached hydrogens (primary N) is 1. The quantitative estimate of drug-likeness (QED) is 0.308. The number of amides is 1. The van der Waals surface area contributed by atoms with E-state index in [-0.39, 0.29) is 5.76 Å². The fourth-order valence-electron chi connectivity index (χ4n) is 1.51. The van der Waals surface area contributed by atoms with Crippen molar-refractivity contribution < 1.29 is 14.3 Å². The van der Waals surface area contributed by atoms with Crippen LogP contribution in [0.3, 0.4) is 0 Å². The zero-order valence-electron chi connectivity index (χ0n) is 9.71. The molecule has 1 aromatic carbocycles. The van der Waals surface area contributed by atoms with Crippen LogP contribution in [-0.4, -0.2) is 28.6 Å². The Balaban J connectivity index is 2.27. The summed E-state index contributed by atoms with van der Waals surface area (Å²) in [6, 6.07) is 7.72. The highest BCUT2D eigenvalue weighted by molar-refractivity contribution is 6.21. The molecule has 0 saturated carbocycles. The first-order chi connectivity index (χ1) is 9.00. The summed E-state index contributed by atoms with van der Waals surface area (Å²) in [6.45, 7) is 0. The molecule has 96 valence electrons. The summed E-state index contributed by atoms with van der Waals surface area (Å²) in [4.78, 5) is 24.1. The second-order valence-corrected chi connectivity index (χ2v) is 3.67. The number of amidine groups is 1. The first-order valence-electron chi connectivity index (χ1n) is 5.26. The maximum atomic E-state index is 11.8. The summed E-state index contributed by atoms with van der Waals surface area (Å²) >= 11 is 0. The van der Waals surface area contributed by atoms with Crippen molar-refractivity contribution >= 4 is 23.7 Å². The minimum absolute atomic E-state index is 0.325. The van der Waals surface area contributed by atoms with E-state index in [0.717, 1.165) is 6.08 Å². The first kappa shape index (κ1) is 12.5. The molecule has 1 amide bonds. The third-order valence-corrected chi connectivity index (χ3v) is 2.38. The van der Waals surface area contributed by atoms with Crippen molar-refractivity contribution in [1.29, 1.82) is 10.8 Å². The standard InChI is InChI=1S/C12H10N4O3/c13-11(14)16-10(18)9(19-12(16)15)6-8(17)7-4-2-1-3-5-7/h1-6,15H,(H3,13,14)/b9-6-,15-12?. The van der Waals surface area contributed by atoms with Gasteiger partial charge in [-0.1, -0.05) is 30.3 Å². The number of hydrogen-bond donors (Lipinski definition) is 3. The van der Waals surface area contributed by atoms with Gasteiger partial charge in [0.25, 0.3) is 0 Å². The van der Waals surface area contributed by atoms with E-state index in [1.807, 2.05) is 0 Å². The maximum Gasteiger partial charge on any atom is 0.304 e. The summed E-state index contributed by atoms with van der Waals surface area (Å²) in [5.41, 5.74) is 5.53. The third kappa shape index (κ3) is 2.34. The van der Waals surface area contributed by atoms with E-state index in [2.05, 4.69) is 0 Å². The number of rotatable bonds is 2. The molecule has 1 aliphatic heterocycles. The number of nitrogens with one attached hydrogen (secondary N) is 2. The van der Waals surface area contributed by atoms with Crippen molar-refractivity contribution in [2.75, 3.05) is 0 Å². The molecule has 0 radical (unpaired) electrons. The molecule has 7 heteroatoms. The molecular formula is C12H10N4O3. The number of guanidine groups is 1. The van der Waals surface area contributed by atoms with Crippen LogP contribution in [-0.2, 0) is 9.53 Å². The van der Waals surface area contributed by atoms with E-state index in [0.29, 0.717) is 10.5 Å². The summed E-state index contributed by atoms with van der Waals surface area (Å²) in [5, 5.41) is 14.5. The fourth-order valence-corrected chi connectivity index (χ4v) is 1.51. The van der Waals surface area contributed by atoms with Gasteiger partial charge in [0.05, 0.1) is 0 Å². The number of carbonyl (C=O) groups excluding carboxylic acids is 2. The Labute approximate surface area is 108 Å². The number of nitrogens with zero attached hydrogens (tertiary/aromatic N) is 1. The molecule has 0 bridgehead atoms. The highest BCUT2D eigenvalue weighted by Gasteiger charge is 2.36. The van der Waals surface area contributed by atoms with Crippen LogP contribution in [0.4, 0.5) is 0 Å². The molecule has 1 fully saturated rings. The lowest BCUT2D eigenvalue weighted by atomic mass is 10.1. The maximum absolute atomic E-state index is 11.8. The van der Waals surface area contributed by atoms with Crippen molar-refractivity contribution in [3.8, 4) is 0 Å².